The zero-order chi connectivity index (χ0) is 25.2. The topological polar surface area (TPSA) is 84.2 Å². The second-order valence-corrected chi connectivity index (χ2v) is 7.63. The third-order valence-electron chi connectivity index (χ3n) is 5.26. The van der Waals surface area contributed by atoms with Crippen LogP contribution < -0.4 is 5.32 Å². The maximum atomic E-state index is 13.7. The van der Waals surface area contributed by atoms with Crippen LogP contribution in [0.5, 0.6) is 0 Å². The molecule has 0 spiro atoms. The first-order chi connectivity index (χ1) is 15.9. The van der Waals surface area contributed by atoms with E-state index in [-0.39, 0.29) is 23.2 Å². The predicted octanol–water partition coefficient (Wildman–Crippen LogP) is 5.16. The summed E-state index contributed by atoms with van der Waals surface area (Å²) >= 11 is 0. The van der Waals surface area contributed by atoms with Gasteiger partial charge in [-0.1, -0.05) is 24.3 Å². The van der Waals surface area contributed by atoms with Gasteiger partial charge in [0.15, 0.2) is 0 Å². The molecule has 3 rings (SSSR count). The Morgan fingerprint density at radius 2 is 1.65 bits per heavy atom. The molecular formula is C23H20F5N3O3. The zero-order valence-corrected chi connectivity index (χ0v) is 18.0. The third-order valence-corrected chi connectivity index (χ3v) is 5.26. The minimum Gasteiger partial charge on any atom is -0.478 e. The van der Waals surface area contributed by atoms with Crippen molar-refractivity contribution in [1.29, 1.82) is 0 Å². The molecule has 2 aromatic carbocycles. The quantitative estimate of drug-likeness (QED) is 0.457. The minimum atomic E-state index is -4.52. The van der Waals surface area contributed by atoms with Crippen molar-refractivity contribution in [1.82, 2.24) is 15.1 Å². The van der Waals surface area contributed by atoms with Crippen LogP contribution in [0.2, 0.25) is 0 Å². The Morgan fingerprint density at radius 3 is 2.15 bits per heavy atom. The van der Waals surface area contributed by atoms with Crippen molar-refractivity contribution in [2.24, 2.45) is 7.05 Å². The van der Waals surface area contributed by atoms with Crippen molar-refractivity contribution in [3.05, 3.63) is 87.7 Å². The molecule has 1 aromatic heterocycles. The van der Waals surface area contributed by atoms with Crippen LogP contribution in [0.4, 0.5) is 22.0 Å². The first-order valence-electron chi connectivity index (χ1n) is 10.0. The van der Waals surface area contributed by atoms with Crippen LogP contribution in [0, 0.1) is 0 Å². The lowest BCUT2D eigenvalue weighted by Crippen LogP contribution is -2.28. The lowest BCUT2D eigenvalue weighted by molar-refractivity contribution is -0.137. The van der Waals surface area contributed by atoms with Crippen molar-refractivity contribution in [3.8, 4) is 0 Å². The molecule has 0 radical (unpaired) electrons. The van der Waals surface area contributed by atoms with Crippen LogP contribution in [0.1, 0.15) is 68.2 Å². The highest BCUT2D eigenvalue weighted by Gasteiger charge is 2.31. The van der Waals surface area contributed by atoms with Gasteiger partial charge in [0.1, 0.15) is 5.69 Å². The largest absolute Gasteiger partial charge is 0.478 e. The number of aryl methyl sites for hydroxylation is 1. The van der Waals surface area contributed by atoms with Gasteiger partial charge in [0.2, 0.25) is 0 Å². The normalized spacial score (nSPS) is 12.6. The summed E-state index contributed by atoms with van der Waals surface area (Å²) in [6, 6.07) is 9.19. The molecule has 0 saturated carbocycles. The maximum absolute atomic E-state index is 13.7. The fraction of sp³-hybridized carbons (Fsp3) is 0.261. The van der Waals surface area contributed by atoms with Gasteiger partial charge >= 0.3 is 12.1 Å². The fourth-order valence-electron chi connectivity index (χ4n) is 3.49. The second-order valence-electron chi connectivity index (χ2n) is 7.63. The standard InChI is InChI=1S/C23H20F5N3O3/c1-12(14-5-7-15(8-6-14)22(33)34)29-21(32)18-17(30-31(2)19(18)20(24)25)11-13-3-9-16(10-4-13)23(26,27)28/h3-10,12,20H,11H2,1-2H3,(H,29,32)(H,33,34)/t12-/m0/s1. The lowest BCUT2D eigenvalue weighted by atomic mass is 10.0. The first kappa shape index (κ1) is 24.9. The molecule has 0 unspecified atom stereocenters. The summed E-state index contributed by atoms with van der Waals surface area (Å²) in [4.78, 5) is 24.0. The van der Waals surface area contributed by atoms with E-state index in [0.717, 1.165) is 16.8 Å². The van der Waals surface area contributed by atoms with E-state index >= 15 is 0 Å². The van der Waals surface area contributed by atoms with Gasteiger partial charge in [-0.15, -0.1) is 0 Å². The number of carbonyl (C=O) groups is 2. The van der Waals surface area contributed by atoms with E-state index in [2.05, 4.69) is 10.4 Å². The highest BCUT2D eigenvalue weighted by Crippen LogP contribution is 2.31. The Hall–Kier alpha value is -3.76. The van der Waals surface area contributed by atoms with Gasteiger partial charge < -0.3 is 10.4 Å². The van der Waals surface area contributed by atoms with Crippen LogP contribution in [0.3, 0.4) is 0 Å². The van der Waals surface area contributed by atoms with Crippen LogP contribution in [-0.2, 0) is 19.6 Å². The molecule has 11 heteroatoms. The number of alkyl halides is 5. The molecule has 1 atom stereocenters. The summed E-state index contributed by atoms with van der Waals surface area (Å²) in [6.07, 6.45) is -7.68. The van der Waals surface area contributed by atoms with Gasteiger partial charge in [0.05, 0.1) is 28.4 Å². The number of carbonyl (C=O) groups excluding carboxylic acids is 1. The van der Waals surface area contributed by atoms with Gasteiger partial charge in [-0.3, -0.25) is 9.48 Å². The molecule has 1 heterocycles. The fourth-order valence-corrected chi connectivity index (χ4v) is 3.49. The highest BCUT2D eigenvalue weighted by atomic mass is 19.4. The molecule has 0 aliphatic rings. The number of hydrogen-bond donors (Lipinski definition) is 2. The third kappa shape index (κ3) is 5.41. The summed E-state index contributed by atoms with van der Waals surface area (Å²) in [5.41, 5.74) is -0.884. The van der Waals surface area contributed by atoms with E-state index in [4.69, 9.17) is 5.11 Å². The Bertz CT molecular complexity index is 1190. The average molecular weight is 481 g/mol. The molecular weight excluding hydrogens is 461 g/mol. The zero-order valence-electron chi connectivity index (χ0n) is 18.0. The number of carboxylic acids is 1. The number of carboxylic acid groups (broad SMARTS) is 1. The lowest BCUT2D eigenvalue weighted by Gasteiger charge is -2.16. The molecule has 0 saturated heterocycles. The van der Waals surface area contributed by atoms with E-state index in [1.54, 1.807) is 6.92 Å². The summed E-state index contributed by atoms with van der Waals surface area (Å²) in [7, 11) is 1.25. The van der Waals surface area contributed by atoms with Crippen molar-refractivity contribution < 1.29 is 36.6 Å². The van der Waals surface area contributed by atoms with Gasteiger partial charge in [-0.2, -0.15) is 18.3 Å². The second kappa shape index (κ2) is 9.62. The molecule has 1 amide bonds. The van der Waals surface area contributed by atoms with Crippen molar-refractivity contribution in [2.75, 3.05) is 0 Å². The Kier molecular flexibility index (Phi) is 7.04. The first-order valence-corrected chi connectivity index (χ1v) is 10.0. The molecule has 34 heavy (non-hydrogen) atoms. The van der Waals surface area contributed by atoms with Gasteiger partial charge in [-0.05, 0) is 42.3 Å². The highest BCUT2D eigenvalue weighted by molar-refractivity contribution is 5.97. The molecule has 0 aliphatic carbocycles. The molecule has 180 valence electrons. The molecule has 0 bridgehead atoms. The van der Waals surface area contributed by atoms with E-state index in [1.165, 1.54) is 43.4 Å². The van der Waals surface area contributed by atoms with E-state index in [1.807, 2.05) is 0 Å². The van der Waals surface area contributed by atoms with Crippen molar-refractivity contribution in [3.63, 3.8) is 0 Å². The molecule has 2 N–H and O–H groups in total. The van der Waals surface area contributed by atoms with Crippen LogP contribution in [-0.4, -0.2) is 26.8 Å². The van der Waals surface area contributed by atoms with Crippen LogP contribution >= 0.6 is 0 Å². The van der Waals surface area contributed by atoms with E-state index < -0.39 is 41.8 Å². The number of aromatic carboxylic acids is 1. The number of aromatic nitrogens is 2. The van der Waals surface area contributed by atoms with Gasteiger partial charge in [0, 0.05) is 13.5 Å². The minimum absolute atomic E-state index is 0.0107. The summed E-state index contributed by atoms with van der Waals surface area (Å²) < 4.78 is 66.8. The van der Waals surface area contributed by atoms with Gasteiger partial charge in [0.25, 0.3) is 12.3 Å². The van der Waals surface area contributed by atoms with Crippen molar-refractivity contribution >= 4 is 11.9 Å². The monoisotopic (exact) mass is 481 g/mol. The van der Waals surface area contributed by atoms with E-state index in [0.29, 0.717) is 11.1 Å². The summed E-state index contributed by atoms with van der Waals surface area (Å²) in [6.45, 7) is 1.60. The maximum Gasteiger partial charge on any atom is 0.416 e. The molecule has 3 aromatic rings. The number of nitrogens with zero attached hydrogens (tertiary/aromatic N) is 2. The number of nitrogens with one attached hydrogen (secondary N) is 1. The number of benzene rings is 2. The predicted molar refractivity (Wildman–Crippen MR) is 112 cm³/mol. The summed E-state index contributed by atoms with van der Waals surface area (Å²) in [5, 5.41) is 15.6. The number of rotatable bonds is 7. The smallest absolute Gasteiger partial charge is 0.416 e. The van der Waals surface area contributed by atoms with Crippen LogP contribution in [0.15, 0.2) is 48.5 Å². The molecule has 0 aliphatic heterocycles. The number of hydrogen-bond acceptors (Lipinski definition) is 3. The summed E-state index contributed by atoms with van der Waals surface area (Å²) in [5.74, 6) is -1.95. The van der Waals surface area contributed by atoms with Crippen molar-refractivity contribution in [2.45, 2.75) is 32.0 Å². The SMILES string of the molecule is C[C@H](NC(=O)c1c(Cc2ccc(C(F)(F)F)cc2)nn(C)c1C(F)F)c1ccc(C(=O)O)cc1. The Morgan fingerprint density at radius 1 is 1.06 bits per heavy atom. The molecule has 6 nitrogen and oxygen atoms in total. The Labute approximate surface area is 191 Å². The van der Waals surface area contributed by atoms with Gasteiger partial charge in [-0.25, -0.2) is 13.6 Å². The van der Waals surface area contributed by atoms with Crippen LogP contribution in [0.25, 0.3) is 0 Å². The Balaban J connectivity index is 1.88. The number of amides is 1. The number of halogens is 5. The average Bonchev–Trinajstić information content (AvgIpc) is 3.09. The molecule has 0 fully saturated rings. The van der Waals surface area contributed by atoms with E-state index in [9.17, 15) is 31.5 Å².